The summed E-state index contributed by atoms with van der Waals surface area (Å²) in [6, 6.07) is 7.43. The van der Waals surface area contributed by atoms with Crippen molar-refractivity contribution in [3.05, 3.63) is 52.2 Å². The van der Waals surface area contributed by atoms with Crippen LogP contribution in [0, 0.1) is 0 Å². The number of aliphatic hydroxyl groups excluding tert-OH is 1. The standard InChI is InChI=1S/C15H16F3NO2S/c1-10(19-8-14(20)12-6-7-22-9-12)11-2-4-13(5-3-11)21-15(16,17)18/h2-7,9-10,14,19-20H,8H2,1H3. The van der Waals surface area contributed by atoms with Gasteiger partial charge in [-0.1, -0.05) is 12.1 Å². The summed E-state index contributed by atoms with van der Waals surface area (Å²) in [6.07, 6.45) is -5.29. The number of alkyl halides is 3. The minimum Gasteiger partial charge on any atom is -0.406 e. The van der Waals surface area contributed by atoms with E-state index in [1.807, 2.05) is 23.8 Å². The van der Waals surface area contributed by atoms with Gasteiger partial charge in [0.15, 0.2) is 0 Å². The maximum atomic E-state index is 12.1. The zero-order valence-electron chi connectivity index (χ0n) is 11.8. The van der Waals surface area contributed by atoms with Gasteiger partial charge in [0, 0.05) is 12.6 Å². The summed E-state index contributed by atoms with van der Waals surface area (Å²) in [4.78, 5) is 0. The second kappa shape index (κ2) is 7.13. The summed E-state index contributed by atoms with van der Waals surface area (Å²) in [5, 5.41) is 16.9. The number of ether oxygens (including phenoxy) is 1. The number of rotatable bonds is 6. The summed E-state index contributed by atoms with van der Waals surface area (Å²) in [5.74, 6) is -0.248. The van der Waals surface area contributed by atoms with Gasteiger partial charge in [-0.15, -0.1) is 13.2 Å². The maximum Gasteiger partial charge on any atom is 0.573 e. The highest BCUT2D eigenvalue weighted by Gasteiger charge is 2.31. The lowest BCUT2D eigenvalue weighted by molar-refractivity contribution is -0.274. The number of aliphatic hydroxyl groups is 1. The van der Waals surface area contributed by atoms with Crippen LogP contribution in [0.3, 0.4) is 0 Å². The molecule has 0 saturated heterocycles. The van der Waals surface area contributed by atoms with E-state index >= 15 is 0 Å². The van der Waals surface area contributed by atoms with Crippen LogP contribution in [0.25, 0.3) is 0 Å². The Labute approximate surface area is 130 Å². The first-order chi connectivity index (χ1) is 10.3. The molecule has 0 spiro atoms. The van der Waals surface area contributed by atoms with E-state index in [4.69, 9.17) is 0 Å². The lowest BCUT2D eigenvalue weighted by Crippen LogP contribution is -2.24. The molecule has 0 fully saturated rings. The number of benzene rings is 1. The molecule has 2 rings (SSSR count). The molecule has 0 saturated carbocycles. The molecule has 0 aliphatic heterocycles. The summed E-state index contributed by atoms with van der Waals surface area (Å²) in [6.45, 7) is 2.23. The minimum atomic E-state index is -4.68. The van der Waals surface area contributed by atoms with E-state index in [2.05, 4.69) is 10.1 Å². The van der Waals surface area contributed by atoms with Crippen molar-refractivity contribution in [3.63, 3.8) is 0 Å². The molecule has 0 bridgehead atoms. The Morgan fingerprint density at radius 3 is 2.41 bits per heavy atom. The quantitative estimate of drug-likeness (QED) is 0.840. The normalized spacial score (nSPS) is 14.6. The monoisotopic (exact) mass is 331 g/mol. The molecule has 2 aromatic rings. The molecule has 2 N–H and O–H groups in total. The predicted octanol–water partition coefficient (Wildman–Crippen LogP) is 4.03. The highest BCUT2D eigenvalue weighted by Crippen LogP contribution is 2.24. The molecule has 120 valence electrons. The number of hydrogen-bond acceptors (Lipinski definition) is 4. The van der Waals surface area contributed by atoms with Crippen molar-refractivity contribution in [3.8, 4) is 5.75 Å². The average Bonchev–Trinajstić information content (AvgIpc) is 2.97. The fourth-order valence-corrected chi connectivity index (χ4v) is 2.65. The summed E-state index contributed by atoms with van der Waals surface area (Å²) in [7, 11) is 0. The first-order valence-electron chi connectivity index (χ1n) is 6.64. The van der Waals surface area contributed by atoms with Gasteiger partial charge in [-0.25, -0.2) is 0 Å². The van der Waals surface area contributed by atoms with Gasteiger partial charge >= 0.3 is 6.36 Å². The molecular weight excluding hydrogens is 315 g/mol. The molecule has 7 heteroatoms. The number of thiophene rings is 1. The highest BCUT2D eigenvalue weighted by molar-refractivity contribution is 7.07. The molecule has 1 aromatic heterocycles. The van der Waals surface area contributed by atoms with Crippen molar-refractivity contribution >= 4 is 11.3 Å². The fraction of sp³-hybridized carbons (Fsp3) is 0.333. The van der Waals surface area contributed by atoms with Crippen LogP contribution in [0.5, 0.6) is 5.75 Å². The molecule has 22 heavy (non-hydrogen) atoms. The van der Waals surface area contributed by atoms with Crippen molar-refractivity contribution in [1.82, 2.24) is 5.32 Å². The van der Waals surface area contributed by atoms with E-state index in [1.54, 1.807) is 12.1 Å². The van der Waals surface area contributed by atoms with Gasteiger partial charge in [-0.3, -0.25) is 0 Å². The van der Waals surface area contributed by atoms with Gasteiger partial charge in [-0.05, 0) is 47.0 Å². The van der Waals surface area contributed by atoms with E-state index in [9.17, 15) is 18.3 Å². The molecule has 1 aromatic carbocycles. The van der Waals surface area contributed by atoms with Crippen LogP contribution in [-0.2, 0) is 0 Å². The molecule has 3 nitrogen and oxygen atoms in total. The Morgan fingerprint density at radius 1 is 1.18 bits per heavy atom. The Hall–Kier alpha value is -1.57. The third-order valence-electron chi connectivity index (χ3n) is 3.16. The van der Waals surface area contributed by atoms with Crippen molar-refractivity contribution in [1.29, 1.82) is 0 Å². The van der Waals surface area contributed by atoms with Crippen LogP contribution in [0.15, 0.2) is 41.1 Å². The van der Waals surface area contributed by atoms with E-state index in [0.29, 0.717) is 6.54 Å². The van der Waals surface area contributed by atoms with Gasteiger partial charge < -0.3 is 15.2 Å². The topological polar surface area (TPSA) is 41.5 Å². The Bertz CT molecular complexity index is 569. The van der Waals surface area contributed by atoms with Crippen LogP contribution in [0.2, 0.25) is 0 Å². The SMILES string of the molecule is CC(NCC(O)c1ccsc1)c1ccc(OC(F)(F)F)cc1. The Morgan fingerprint density at radius 2 is 1.86 bits per heavy atom. The molecule has 0 radical (unpaired) electrons. The van der Waals surface area contributed by atoms with Crippen LogP contribution in [0.4, 0.5) is 13.2 Å². The number of halogens is 3. The van der Waals surface area contributed by atoms with E-state index in [0.717, 1.165) is 11.1 Å². The second-order valence-electron chi connectivity index (χ2n) is 4.82. The second-order valence-corrected chi connectivity index (χ2v) is 5.60. The summed E-state index contributed by atoms with van der Waals surface area (Å²) >= 11 is 1.51. The largest absolute Gasteiger partial charge is 0.573 e. The zero-order valence-corrected chi connectivity index (χ0v) is 12.6. The molecule has 0 aliphatic rings. The molecule has 0 amide bonds. The lowest BCUT2D eigenvalue weighted by atomic mass is 10.1. The molecular formula is C15H16F3NO2S. The Kier molecular flexibility index (Phi) is 5.44. The Balaban J connectivity index is 1.88. The van der Waals surface area contributed by atoms with Gasteiger partial charge in [-0.2, -0.15) is 11.3 Å². The van der Waals surface area contributed by atoms with E-state index in [-0.39, 0.29) is 11.8 Å². The van der Waals surface area contributed by atoms with Crippen LogP contribution < -0.4 is 10.1 Å². The van der Waals surface area contributed by atoms with Crippen molar-refractivity contribution < 1.29 is 23.0 Å². The predicted molar refractivity (Wildman–Crippen MR) is 78.8 cm³/mol. The molecule has 2 unspecified atom stereocenters. The average molecular weight is 331 g/mol. The number of hydrogen-bond donors (Lipinski definition) is 2. The first kappa shape index (κ1) is 16.8. The molecule has 0 aliphatic carbocycles. The van der Waals surface area contributed by atoms with Gasteiger partial charge in [0.1, 0.15) is 5.75 Å². The van der Waals surface area contributed by atoms with Crippen LogP contribution >= 0.6 is 11.3 Å². The summed E-state index contributed by atoms with van der Waals surface area (Å²) < 4.78 is 40.1. The third-order valence-corrected chi connectivity index (χ3v) is 3.86. The van der Waals surface area contributed by atoms with Gasteiger partial charge in [0.2, 0.25) is 0 Å². The van der Waals surface area contributed by atoms with Crippen molar-refractivity contribution in [2.24, 2.45) is 0 Å². The van der Waals surface area contributed by atoms with E-state index < -0.39 is 12.5 Å². The minimum absolute atomic E-state index is 0.103. The van der Waals surface area contributed by atoms with Gasteiger partial charge in [0.25, 0.3) is 0 Å². The number of nitrogens with one attached hydrogen (secondary N) is 1. The lowest BCUT2D eigenvalue weighted by Gasteiger charge is -2.17. The van der Waals surface area contributed by atoms with Crippen LogP contribution in [-0.4, -0.2) is 18.0 Å². The van der Waals surface area contributed by atoms with E-state index in [1.165, 1.54) is 23.5 Å². The molecule has 1 heterocycles. The highest BCUT2D eigenvalue weighted by atomic mass is 32.1. The third kappa shape index (κ3) is 5.01. The van der Waals surface area contributed by atoms with Crippen LogP contribution in [0.1, 0.15) is 30.2 Å². The van der Waals surface area contributed by atoms with Gasteiger partial charge in [0.05, 0.1) is 6.10 Å². The van der Waals surface area contributed by atoms with Crippen molar-refractivity contribution in [2.45, 2.75) is 25.4 Å². The summed E-state index contributed by atoms with van der Waals surface area (Å²) in [5.41, 5.74) is 1.66. The van der Waals surface area contributed by atoms with Crippen molar-refractivity contribution in [2.75, 3.05) is 6.54 Å². The smallest absolute Gasteiger partial charge is 0.406 e. The fourth-order valence-electron chi connectivity index (χ4n) is 1.95. The molecule has 2 atom stereocenters. The zero-order chi connectivity index (χ0) is 16.2. The maximum absolute atomic E-state index is 12.1. The first-order valence-corrected chi connectivity index (χ1v) is 7.58.